The van der Waals surface area contributed by atoms with Gasteiger partial charge in [0.2, 0.25) is 0 Å². The quantitative estimate of drug-likeness (QED) is 0.895. The minimum absolute atomic E-state index is 0.270. The monoisotopic (exact) mass is 294 g/mol. The molecule has 1 fully saturated rings. The molecule has 1 aromatic heterocycles. The SMILES string of the molecule is Cc1nn(C(C)C)c(C)c1CN1CCN(C)[C@H](CCO)C1. The van der Waals surface area contributed by atoms with Crippen LogP contribution < -0.4 is 0 Å². The van der Waals surface area contributed by atoms with Gasteiger partial charge >= 0.3 is 0 Å². The van der Waals surface area contributed by atoms with Crippen molar-refractivity contribution < 1.29 is 5.11 Å². The Bertz CT molecular complexity index is 469. The third kappa shape index (κ3) is 3.65. The summed E-state index contributed by atoms with van der Waals surface area (Å²) in [5, 5.41) is 13.9. The highest BCUT2D eigenvalue weighted by Crippen LogP contribution is 2.21. The molecule has 1 saturated heterocycles. The number of aliphatic hydroxyl groups excluding tert-OH is 1. The van der Waals surface area contributed by atoms with Crippen molar-refractivity contribution in [3.63, 3.8) is 0 Å². The predicted molar refractivity (Wildman–Crippen MR) is 85.5 cm³/mol. The third-order valence-electron chi connectivity index (χ3n) is 4.67. The molecule has 1 aromatic rings. The van der Waals surface area contributed by atoms with Gasteiger partial charge in [-0.25, -0.2) is 0 Å². The zero-order valence-corrected chi connectivity index (χ0v) is 14.1. The lowest BCUT2D eigenvalue weighted by atomic mass is 10.1. The van der Waals surface area contributed by atoms with E-state index < -0.39 is 0 Å². The summed E-state index contributed by atoms with van der Waals surface area (Å²) >= 11 is 0. The van der Waals surface area contributed by atoms with E-state index >= 15 is 0 Å². The first-order valence-corrected chi connectivity index (χ1v) is 8.02. The Morgan fingerprint density at radius 3 is 2.57 bits per heavy atom. The van der Waals surface area contributed by atoms with Gasteiger partial charge in [-0.1, -0.05) is 0 Å². The average molecular weight is 294 g/mol. The molecular weight excluding hydrogens is 264 g/mol. The first kappa shape index (κ1) is 16.5. The predicted octanol–water partition coefficient (Wildman–Crippen LogP) is 1.58. The maximum absolute atomic E-state index is 9.21. The van der Waals surface area contributed by atoms with Gasteiger partial charge in [0.15, 0.2) is 0 Å². The maximum atomic E-state index is 9.21. The lowest BCUT2D eigenvalue weighted by Crippen LogP contribution is -2.51. The van der Waals surface area contributed by atoms with Crippen LogP contribution in [-0.4, -0.2) is 64.0 Å². The summed E-state index contributed by atoms with van der Waals surface area (Å²) in [7, 11) is 2.16. The normalized spacial score (nSPS) is 21.4. The summed E-state index contributed by atoms with van der Waals surface area (Å²) < 4.78 is 2.13. The van der Waals surface area contributed by atoms with Crippen molar-refractivity contribution in [3.05, 3.63) is 17.0 Å². The number of aliphatic hydroxyl groups is 1. The largest absolute Gasteiger partial charge is 0.396 e. The molecule has 120 valence electrons. The highest BCUT2D eigenvalue weighted by Gasteiger charge is 2.25. The molecule has 2 rings (SSSR count). The van der Waals surface area contributed by atoms with Gasteiger partial charge in [0.25, 0.3) is 0 Å². The molecule has 0 aliphatic carbocycles. The van der Waals surface area contributed by atoms with Gasteiger partial charge in [-0.3, -0.25) is 9.58 Å². The molecule has 1 atom stereocenters. The standard InChI is InChI=1S/C16H30N4O/c1-12(2)20-14(4)16(13(3)17-20)11-19-8-7-18(5)15(10-19)6-9-21/h12,15,21H,6-11H2,1-5H3/t15-/m1/s1. The fraction of sp³-hybridized carbons (Fsp3) is 0.812. The lowest BCUT2D eigenvalue weighted by Gasteiger charge is -2.39. The number of hydrogen-bond acceptors (Lipinski definition) is 4. The van der Waals surface area contributed by atoms with Crippen molar-refractivity contribution in [1.29, 1.82) is 0 Å². The second-order valence-electron chi connectivity index (χ2n) is 6.57. The van der Waals surface area contributed by atoms with Gasteiger partial charge < -0.3 is 10.0 Å². The van der Waals surface area contributed by atoms with Crippen molar-refractivity contribution >= 4 is 0 Å². The molecule has 0 spiro atoms. The summed E-state index contributed by atoms with van der Waals surface area (Å²) in [5.41, 5.74) is 3.81. The molecule has 0 unspecified atom stereocenters. The summed E-state index contributed by atoms with van der Waals surface area (Å²) in [4.78, 5) is 4.87. The van der Waals surface area contributed by atoms with Crippen LogP contribution in [0, 0.1) is 13.8 Å². The molecule has 0 amide bonds. The van der Waals surface area contributed by atoms with Crippen LogP contribution in [0.1, 0.15) is 43.3 Å². The van der Waals surface area contributed by atoms with Gasteiger partial charge in [0.05, 0.1) is 5.69 Å². The van der Waals surface area contributed by atoms with E-state index in [-0.39, 0.29) is 6.61 Å². The second-order valence-corrected chi connectivity index (χ2v) is 6.57. The van der Waals surface area contributed by atoms with E-state index in [9.17, 15) is 5.11 Å². The minimum atomic E-state index is 0.270. The number of aromatic nitrogens is 2. The van der Waals surface area contributed by atoms with Gasteiger partial charge in [0.1, 0.15) is 0 Å². The molecule has 5 nitrogen and oxygen atoms in total. The topological polar surface area (TPSA) is 44.5 Å². The number of nitrogens with zero attached hydrogens (tertiary/aromatic N) is 4. The van der Waals surface area contributed by atoms with Crippen LogP contribution in [0.15, 0.2) is 0 Å². The van der Waals surface area contributed by atoms with Crippen LogP contribution in [0.2, 0.25) is 0 Å². The van der Waals surface area contributed by atoms with Crippen LogP contribution in [-0.2, 0) is 6.54 Å². The Morgan fingerprint density at radius 2 is 2.00 bits per heavy atom. The fourth-order valence-electron chi connectivity index (χ4n) is 3.27. The summed E-state index contributed by atoms with van der Waals surface area (Å²) in [6.45, 7) is 13.1. The number of rotatable bonds is 5. The lowest BCUT2D eigenvalue weighted by molar-refractivity contribution is 0.0740. The van der Waals surface area contributed by atoms with Crippen molar-refractivity contribution in [2.75, 3.05) is 33.3 Å². The zero-order valence-electron chi connectivity index (χ0n) is 14.1. The average Bonchev–Trinajstić information content (AvgIpc) is 2.71. The summed E-state index contributed by atoms with van der Waals surface area (Å²) in [5.74, 6) is 0. The van der Waals surface area contributed by atoms with E-state index in [0.717, 1.165) is 38.3 Å². The molecule has 1 aliphatic heterocycles. The summed E-state index contributed by atoms with van der Waals surface area (Å²) in [6.07, 6.45) is 0.857. The van der Waals surface area contributed by atoms with Crippen LogP contribution in [0.25, 0.3) is 0 Å². The minimum Gasteiger partial charge on any atom is -0.396 e. The fourth-order valence-corrected chi connectivity index (χ4v) is 3.27. The smallest absolute Gasteiger partial charge is 0.0641 e. The summed E-state index contributed by atoms with van der Waals surface area (Å²) in [6, 6.07) is 0.872. The molecule has 1 N–H and O–H groups in total. The number of likely N-dealkylation sites (N-methyl/N-ethyl adjacent to an activating group) is 1. The first-order chi connectivity index (χ1) is 9.93. The highest BCUT2D eigenvalue weighted by atomic mass is 16.3. The third-order valence-corrected chi connectivity index (χ3v) is 4.67. The molecular formula is C16H30N4O. The van der Waals surface area contributed by atoms with Crippen LogP contribution in [0.4, 0.5) is 0 Å². The Kier molecular flexibility index (Phi) is 5.41. The van der Waals surface area contributed by atoms with Gasteiger partial charge in [-0.15, -0.1) is 0 Å². The number of aryl methyl sites for hydroxylation is 1. The molecule has 0 aromatic carbocycles. The Balaban J connectivity index is 2.08. The van der Waals surface area contributed by atoms with E-state index in [0.29, 0.717) is 12.1 Å². The molecule has 0 saturated carbocycles. The number of hydrogen-bond donors (Lipinski definition) is 1. The number of piperazine rings is 1. The first-order valence-electron chi connectivity index (χ1n) is 8.02. The van der Waals surface area contributed by atoms with E-state index in [4.69, 9.17) is 0 Å². The van der Waals surface area contributed by atoms with Crippen molar-refractivity contribution in [2.45, 2.75) is 52.7 Å². The second kappa shape index (κ2) is 6.90. The van der Waals surface area contributed by atoms with Gasteiger partial charge in [-0.05, 0) is 41.2 Å². The zero-order chi connectivity index (χ0) is 15.6. The van der Waals surface area contributed by atoms with Gasteiger partial charge in [-0.2, -0.15) is 5.10 Å². The van der Waals surface area contributed by atoms with Crippen LogP contribution in [0.5, 0.6) is 0 Å². The van der Waals surface area contributed by atoms with Crippen LogP contribution >= 0.6 is 0 Å². The van der Waals surface area contributed by atoms with Crippen molar-refractivity contribution in [2.24, 2.45) is 0 Å². The molecule has 5 heteroatoms. The van der Waals surface area contributed by atoms with Crippen molar-refractivity contribution in [1.82, 2.24) is 19.6 Å². The maximum Gasteiger partial charge on any atom is 0.0641 e. The Hall–Kier alpha value is -0.910. The van der Waals surface area contributed by atoms with E-state index in [1.165, 1.54) is 11.3 Å². The Morgan fingerprint density at radius 1 is 1.29 bits per heavy atom. The van der Waals surface area contributed by atoms with Crippen LogP contribution in [0.3, 0.4) is 0 Å². The highest BCUT2D eigenvalue weighted by molar-refractivity contribution is 5.25. The van der Waals surface area contributed by atoms with E-state index in [1.807, 2.05) is 0 Å². The van der Waals surface area contributed by atoms with Crippen molar-refractivity contribution in [3.8, 4) is 0 Å². The van der Waals surface area contributed by atoms with Gasteiger partial charge in [0, 0.05) is 56.1 Å². The molecule has 0 radical (unpaired) electrons. The molecule has 0 bridgehead atoms. The van der Waals surface area contributed by atoms with E-state index in [2.05, 4.69) is 54.3 Å². The Labute approximate surface area is 128 Å². The molecule has 1 aliphatic rings. The molecule has 2 heterocycles. The molecule has 21 heavy (non-hydrogen) atoms. The van der Waals surface area contributed by atoms with E-state index in [1.54, 1.807) is 0 Å².